The van der Waals surface area contributed by atoms with Crippen LogP contribution < -0.4 is 5.73 Å². The molecule has 2 N–H and O–H groups in total. The van der Waals surface area contributed by atoms with E-state index in [0.717, 1.165) is 12.8 Å². The number of allylic oxidation sites excluding steroid dienone is 1. The van der Waals surface area contributed by atoms with Gasteiger partial charge in [-0.1, -0.05) is 50.3 Å². The van der Waals surface area contributed by atoms with Crippen molar-refractivity contribution in [3.05, 3.63) is 42.0 Å². The van der Waals surface area contributed by atoms with Crippen LogP contribution in [0.1, 0.15) is 32.3 Å². The molecule has 1 aliphatic carbocycles. The van der Waals surface area contributed by atoms with Crippen LogP contribution in [0.4, 0.5) is 0 Å². The van der Waals surface area contributed by atoms with Gasteiger partial charge in [-0.05, 0) is 29.4 Å². The number of benzene rings is 1. The topological polar surface area (TPSA) is 26.0 Å². The Kier molecular flexibility index (Phi) is 2.66. The zero-order chi connectivity index (χ0) is 10.9. The van der Waals surface area contributed by atoms with Crippen LogP contribution in [0.2, 0.25) is 0 Å². The van der Waals surface area contributed by atoms with Crippen LogP contribution in [0.25, 0.3) is 5.57 Å². The fraction of sp³-hybridized carbons (Fsp3) is 0.429. The average molecular weight is 201 g/mol. The third-order valence-electron chi connectivity index (χ3n) is 3.02. The molecule has 0 saturated heterocycles. The second-order valence-corrected chi connectivity index (χ2v) is 5.27. The molecule has 1 aliphatic rings. The first-order valence-electron chi connectivity index (χ1n) is 5.58. The summed E-state index contributed by atoms with van der Waals surface area (Å²) in [6.07, 6.45) is 4.44. The second kappa shape index (κ2) is 3.82. The van der Waals surface area contributed by atoms with Crippen molar-refractivity contribution in [1.82, 2.24) is 0 Å². The van der Waals surface area contributed by atoms with Gasteiger partial charge in [0.15, 0.2) is 0 Å². The highest BCUT2D eigenvalue weighted by molar-refractivity contribution is 5.67. The second-order valence-electron chi connectivity index (χ2n) is 5.27. The maximum atomic E-state index is 6.06. The number of hydrogen-bond donors (Lipinski definition) is 1. The lowest BCUT2D eigenvalue weighted by molar-refractivity contribution is 0.319. The summed E-state index contributed by atoms with van der Waals surface area (Å²) in [5.41, 5.74) is 9.12. The van der Waals surface area contributed by atoms with Gasteiger partial charge in [0, 0.05) is 6.04 Å². The Balaban J connectivity index is 2.30. The SMILES string of the molecule is CC1(C)CC(c2ccccc2)=CC(N)C1. The normalized spacial score (nSPS) is 24.7. The Labute approximate surface area is 92.0 Å². The molecule has 0 bridgehead atoms. The minimum absolute atomic E-state index is 0.212. The van der Waals surface area contributed by atoms with Gasteiger partial charge >= 0.3 is 0 Å². The molecule has 0 spiro atoms. The summed E-state index contributed by atoms with van der Waals surface area (Å²) < 4.78 is 0. The Morgan fingerprint density at radius 1 is 1.20 bits per heavy atom. The fourth-order valence-corrected chi connectivity index (χ4v) is 2.45. The van der Waals surface area contributed by atoms with Gasteiger partial charge in [0.2, 0.25) is 0 Å². The molecule has 15 heavy (non-hydrogen) atoms. The summed E-state index contributed by atoms with van der Waals surface area (Å²) in [5, 5.41) is 0. The summed E-state index contributed by atoms with van der Waals surface area (Å²) in [4.78, 5) is 0. The Morgan fingerprint density at radius 3 is 2.47 bits per heavy atom. The third kappa shape index (κ3) is 2.48. The quantitative estimate of drug-likeness (QED) is 0.741. The van der Waals surface area contributed by atoms with Crippen molar-refractivity contribution < 1.29 is 0 Å². The summed E-state index contributed by atoms with van der Waals surface area (Å²) in [5.74, 6) is 0. The van der Waals surface area contributed by atoms with Crippen molar-refractivity contribution in [1.29, 1.82) is 0 Å². The van der Waals surface area contributed by atoms with Gasteiger partial charge in [0.05, 0.1) is 0 Å². The van der Waals surface area contributed by atoms with E-state index >= 15 is 0 Å². The molecule has 0 aliphatic heterocycles. The van der Waals surface area contributed by atoms with Gasteiger partial charge in [-0.15, -0.1) is 0 Å². The van der Waals surface area contributed by atoms with Crippen LogP contribution in [0.3, 0.4) is 0 Å². The van der Waals surface area contributed by atoms with Crippen LogP contribution in [0.15, 0.2) is 36.4 Å². The van der Waals surface area contributed by atoms with Gasteiger partial charge in [-0.3, -0.25) is 0 Å². The van der Waals surface area contributed by atoms with Crippen molar-refractivity contribution in [2.24, 2.45) is 11.1 Å². The van der Waals surface area contributed by atoms with Crippen LogP contribution in [0, 0.1) is 5.41 Å². The van der Waals surface area contributed by atoms with Crippen LogP contribution in [-0.2, 0) is 0 Å². The van der Waals surface area contributed by atoms with Crippen molar-refractivity contribution >= 4 is 5.57 Å². The minimum atomic E-state index is 0.212. The first kappa shape index (κ1) is 10.4. The Bertz CT molecular complexity index is 362. The lowest BCUT2D eigenvalue weighted by Crippen LogP contribution is -2.30. The predicted octanol–water partition coefficient (Wildman–Crippen LogP) is 3.22. The number of nitrogens with two attached hydrogens (primary N) is 1. The van der Waals surface area contributed by atoms with E-state index in [2.05, 4.69) is 50.3 Å². The van der Waals surface area contributed by atoms with E-state index in [9.17, 15) is 0 Å². The minimum Gasteiger partial charge on any atom is -0.324 e. The highest BCUT2D eigenvalue weighted by Crippen LogP contribution is 2.38. The van der Waals surface area contributed by atoms with Gasteiger partial charge < -0.3 is 5.73 Å². The average Bonchev–Trinajstić information content (AvgIpc) is 2.16. The predicted molar refractivity (Wildman–Crippen MR) is 65.4 cm³/mol. The lowest BCUT2D eigenvalue weighted by Gasteiger charge is -2.33. The Hall–Kier alpha value is -1.08. The molecule has 1 heteroatoms. The first-order valence-corrected chi connectivity index (χ1v) is 5.58. The third-order valence-corrected chi connectivity index (χ3v) is 3.02. The van der Waals surface area contributed by atoms with E-state index in [4.69, 9.17) is 5.73 Å². The molecule has 1 atom stereocenters. The molecule has 2 rings (SSSR count). The summed E-state index contributed by atoms with van der Waals surface area (Å²) in [7, 11) is 0. The zero-order valence-electron chi connectivity index (χ0n) is 9.53. The maximum absolute atomic E-state index is 6.06. The zero-order valence-corrected chi connectivity index (χ0v) is 9.53. The molecule has 0 fully saturated rings. The van der Waals surface area contributed by atoms with Crippen LogP contribution in [-0.4, -0.2) is 6.04 Å². The number of hydrogen-bond acceptors (Lipinski definition) is 1. The van der Waals surface area contributed by atoms with E-state index in [0.29, 0.717) is 5.41 Å². The smallest absolute Gasteiger partial charge is 0.0234 e. The molecule has 1 aromatic carbocycles. The van der Waals surface area contributed by atoms with E-state index in [1.165, 1.54) is 11.1 Å². The molecule has 80 valence electrons. The van der Waals surface area contributed by atoms with E-state index in [-0.39, 0.29) is 6.04 Å². The summed E-state index contributed by atoms with van der Waals surface area (Å²) in [6.45, 7) is 4.59. The van der Waals surface area contributed by atoms with Crippen molar-refractivity contribution in [3.8, 4) is 0 Å². The van der Waals surface area contributed by atoms with E-state index in [1.807, 2.05) is 0 Å². The molecule has 0 heterocycles. The van der Waals surface area contributed by atoms with Crippen LogP contribution >= 0.6 is 0 Å². The van der Waals surface area contributed by atoms with Gasteiger partial charge in [0.1, 0.15) is 0 Å². The van der Waals surface area contributed by atoms with Gasteiger partial charge in [-0.25, -0.2) is 0 Å². The molecule has 0 amide bonds. The molecular formula is C14H19N. The van der Waals surface area contributed by atoms with Crippen molar-refractivity contribution in [2.45, 2.75) is 32.7 Å². The monoisotopic (exact) mass is 201 g/mol. The Morgan fingerprint density at radius 2 is 1.87 bits per heavy atom. The van der Waals surface area contributed by atoms with Gasteiger partial charge in [-0.2, -0.15) is 0 Å². The molecule has 1 unspecified atom stereocenters. The molecule has 1 aromatic rings. The lowest BCUT2D eigenvalue weighted by atomic mass is 9.74. The van der Waals surface area contributed by atoms with Gasteiger partial charge in [0.25, 0.3) is 0 Å². The molecular weight excluding hydrogens is 182 g/mol. The summed E-state index contributed by atoms with van der Waals surface area (Å²) in [6, 6.07) is 10.8. The van der Waals surface area contributed by atoms with E-state index < -0.39 is 0 Å². The largest absolute Gasteiger partial charge is 0.324 e. The fourth-order valence-electron chi connectivity index (χ4n) is 2.45. The molecule has 0 aromatic heterocycles. The van der Waals surface area contributed by atoms with E-state index in [1.54, 1.807) is 0 Å². The molecule has 1 nitrogen and oxygen atoms in total. The summed E-state index contributed by atoms with van der Waals surface area (Å²) >= 11 is 0. The highest BCUT2D eigenvalue weighted by Gasteiger charge is 2.27. The van der Waals surface area contributed by atoms with Crippen LogP contribution in [0.5, 0.6) is 0 Å². The number of rotatable bonds is 1. The standard InChI is InChI=1S/C14H19N/c1-14(2)9-12(8-13(15)10-14)11-6-4-3-5-7-11/h3-8,13H,9-10,15H2,1-2H3. The van der Waals surface area contributed by atoms with Crippen molar-refractivity contribution in [3.63, 3.8) is 0 Å². The molecule has 0 saturated carbocycles. The highest BCUT2D eigenvalue weighted by atomic mass is 14.6. The molecule has 0 radical (unpaired) electrons. The van der Waals surface area contributed by atoms with Crippen molar-refractivity contribution in [2.75, 3.05) is 0 Å². The first-order chi connectivity index (χ1) is 7.07. The maximum Gasteiger partial charge on any atom is 0.0234 e.